The Morgan fingerprint density at radius 3 is 2.41 bits per heavy atom. The van der Waals surface area contributed by atoms with Crippen LogP contribution >= 0.6 is 0 Å². The summed E-state index contributed by atoms with van der Waals surface area (Å²) in [5, 5.41) is 16.5. The molecule has 13 nitrogen and oxygen atoms in total. The number of hydrogen-bond acceptors (Lipinski definition) is 11. The first-order valence-corrected chi connectivity index (χ1v) is 15.4. The van der Waals surface area contributed by atoms with Gasteiger partial charge < -0.3 is 36.3 Å². The minimum atomic E-state index is -0.707. The third-order valence-corrected chi connectivity index (χ3v) is 9.16. The van der Waals surface area contributed by atoms with Gasteiger partial charge in [0.05, 0.1) is 17.9 Å². The summed E-state index contributed by atoms with van der Waals surface area (Å²) in [6.45, 7) is 6.69. The number of imidazole rings is 1. The van der Waals surface area contributed by atoms with E-state index in [2.05, 4.69) is 64.4 Å². The third kappa shape index (κ3) is 5.77. The van der Waals surface area contributed by atoms with Gasteiger partial charge in [0.1, 0.15) is 16.9 Å². The zero-order valence-corrected chi connectivity index (χ0v) is 24.9. The number of rotatable bonds is 8. The highest BCUT2D eigenvalue weighted by molar-refractivity contribution is 5.99. The monoisotopic (exact) mass is 597 g/mol. The van der Waals surface area contributed by atoms with Gasteiger partial charge in [-0.2, -0.15) is 0 Å². The lowest BCUT2D eigenvalue weighted by atomic mass is 9.89. The molecule has 1 amide bonds. The number of pyridine rings is 1. The molecular formula is C31H39N11O2. The van der Waals surface area contributed by atoms with E-state index >= 15 is 0 Å². The number of anilines is 4. The molecule has 5 heterocycles. The molecule has 3 aliphatic rings. The van der Waals surface area contributed by atoms with Gasteiger partial charge in [-0.3, -0.25) is 14.7 Å². The number of aromatic amines is 1. The van der Waals surface area contributed by atoms with Crippen LogP contribution in [0.25, 0.3) is 22.4 Å². The van der Waals surface area contributed by atoms with Gasteiger partial charge in [-0.1, -0.05) is 0 Å². The second-order valence-electron chi connectivity index (χ2n) is 12.1. The number of piperidine rings is 1. The predicted molar refractivity (Wildman–Crippen MR) is 170 cm³/mol. The molecule has 0 spiro atoms. The fourth-order valence-electron chi connectivity index (χ4n) is 6.47. The number of fused-ring (bicyclic) bond motifs is 1. The molecule has 0 bridgehead atoms. The molecule has 230 valence electrons. The number of amides is 1. The first-order chi connectivity index (χ1) is 21.4. The Balaban J connectivity index is 1.11. The Morgan fingerprint density at radius 1 is 0.955 bits per heavy atom. The van der Waals surface area contributed by atoms with Crippen molar-refractivity contribution in [3.63, 3.8) is 0 Å². The average Bonchev–Trinajstić information content (AvgIpc) is 3.51. The van der Waals surface area contributed by atoms with Crippen LogP contribution in [0.5, 0.6) is 0 Å². The van der Waals surface area contributed by atoms with Crippen LogP contribution in [0.2, 0.25) is 0 Å². The van der Waals surface area contributed by atoms with E-state index in [1.807, 2.05) is 18.2 Å². The van der Waals surface area contributed by atoms with Crippen LogP contribution in [0.1, 0.15) is 36.2 Å². The number of nitrogens with one attached hydrogen (secondary N) is 3. The Bertz CT molecular complexity index is 1620. The molecule has 7 rings (SSSR count). The van der Waals surface area contributed by atoms with Crippen molar-refractivity contribution in [3.8, 4) is 11.4 Å². The molecule has 2 saturated heterocycles. The van der Waals surface area contributed by atoms with Crippen molar-refractivity contribution in [2.75, 3.05) is 61.8 Å². The second-order valence-corrected chi connectivity index (χ2v) is 12.1. The maximum atomic E-state index is 12.6. The molecule has 0 unspecified atom stereocenters. The van der Waals surface area contributed by atoms with Gasteiger partial charge in [0.15, 0.2) is 17.3 Å². The number of nitrogens with zero attached hydrogens (tertiary/aromatic N) is 7. The quantitative estimate of drug-likeness (QED) is 0.203. The molecule has 3 aromatic heterocycles. The average molecular weight is 598 g/mol. The van der Waals surface area contributed by atoms with Crippen molar-refractivity contribution in [1.82, 2.24) is 34.7 Å². The lowest BCUT2D eigenvalue weighted by molar-refractivity contribution is 0.0835. The maximum absolute atomic E-state index is 12.6. The van der Waals surface area contributed by atoms with Gasteiger partial charge >= 0.3 is 0 Å². The summed E-state index contributed by atoms with van der Waals surface area (Å²) < 4.78 is 0. The summed E-state index contributed by atoms with van der Waals surface area (Å²) in [7, 11) is 2.20. The number of aromatic nitrogens is 5. The number of hydrogen-bond donors (Lipinski definition) is 5. The fourth-order valence-corrected chi connectivity index (χ4v) is 6.47. The Labute approximate surface area is 255 Å². The molecule has 3 fully saturated rings. The summed E-state index contributed by atoms with van der Waals surface area (Å²) in [5.41, 5.74) is 10.0. The molecule has 0 atom stereocenters. The summed E-state index contributed by atoms with van der Waals surface area (Å²) >= 11 is 0. The standard InChI is InChI=1S/C31H39N11O2/c1-40-12-14-42(15-13-40)22-7-10-41(11-8-22)21-4-2-19(3-5-21)36-31-28(29(32)44)38-27(30(39-31)37-20-16-23(43)17-20)26-25-24(6-9-33-26)34-18-35-25/h2-6,9,18,20,22-23,43H,7-8,10-17H2,1H3,(H2,32,44)(H,34,35)(H2,36,37,39). The van der Waals surface area contributed by atoms with E-state index < -0.39 is 5.91 Å². The van der Waals surface area contributed by atoms with Gasteiger partial charge in [-0.15, -0.1) is 0 Å². The molecule has 0 radical (unpaired) electrons. The van der Waals surface area contributed by atoms with Crippen LogP contribution in [0.3, 0.4) is 0 Å². The highest BCUT2D eigenvalue weighted by atomic mass is 16.3. The maximum Gasteiger partial charge on any atom is 0.271 e. The molecule has 1 aromatic carbocycles. The normalized spacial score (nSPS) is 21.7. The summed E-state index contributed by atoms with van der Waals surface area (Å²) in [5.74, 6) is -0.0169. The summed E-state index contributed by atoms with van der Waals surface area (Å²) in [4.78, 5) is 41.7. The van der Waals surface area contributed by atoms with Crippen molar-refractivity contribution >= 4 is 40.0 Å². The Kier molecular flexibility index (Phi) is 7.75. The molecular weight excluding hydrogens is 558 g/mol. The summed E-state index contributed by atoms with van der Waals surface area (Å²) in [6, 6.07) is 10.7. The van der Waals surface area contributed by atoms with Crippen molar-refractivity contribution < 1.29 is 9.90 Å². The number of aliphatic hydroxyl groups excluding tert-OH is 1. The highest BCUT2D eigenvalue weighted by Crippen LogP contribution is 2.34. The number of aliphatic hydroxyl groups is 1. The zero-order chi connectivity index (χ0) is 30.2. The van der Waals surface area contributed by atoms with E-state index in [1.54, 1.807) is 12.5 Å². The Hall–Kier alpha value is -4.33. The first-order valence-electron chi connectivity index (χ1n) is 15.4. The van der Waals surface area contributed by atoms with Crippen molar-refractivity contribution in [2.45, 2.75) is 43.9 Å². The van der Waals surface area contributed by atoms with E-state index in [9.17, 15) is 9.90 Å². The number of carbonyl (C=O) groups is 1. The van der Waals surface area contributed by atoms with E-state index in [0.29, 0.717) is 41.6 Å². The fraction of sp³-hybridized carbons (Fsp3) is 0.452. The minimum Gasteiger partial charge on any atom is -0.393 e. The van der Waals surface area contributed by atoms with Crippen LogP contribution in [0, 0.1) is 0 Å². The van der Waals surface area contributed by atoms with Crippen molar-refractivity contribution in [3.05, 3.63) is 48.5 Å². The predicted octanol–water partition coefficient (Wildman–Crippen LogP) is 2.41. The number of carbonyl (C=O) groups excluding carboxylic acids is 1. The van der Waals surface area contributed by atoms with Gasteiger partial charge in [0, 0.05) is 68.9 Å². The Morgan fingerprint density at radius 2 is 1.70 bits per heavy atom. The minimum absolute atomic E-state index is 0.00332. The number of likely N-dealkylation sites (N-methyl/N-ethyl adjacent to an activating group) is 1. The molecule has 4 aromatic rings. The zero-order valence-electron chi connectivity index (χ0n) is 24.9. The number of primary amides is 1. The smallest absolute Gasteiger partial charge is 0.271 e. The van der Waals surface area contributed by atoms with Crippen molar-refractivity contribution in [2.24, 2.45) is 5.73 Å². The van der Waals surface area contributed by atoms with Gasteiger partial charge in [-0.05, 0) is 63.1 Å². The molecule has 13 heteroatoms. The van der Waals surface area contributed by atoms with E-state index in [1.165, 1.54) is 18.5 Å². The van der Waals surface area contributed by atoms with Gasteiger partial charge in [-0.25, -0.2) is 15.0 Å². The van der Waals surface area contributed by atoms with Crippen LogP contribution in [0.4, 0.5) is 23.0 Å². The molecule has 6 N–H and O–H groups in total. The second kappa shape index (κ2) is 12.0. The number of H-pyrrole nitrogens is 1. The first kappa shape index (κ1) is 28.4. The van der Waals surface area contributed by atoms with Gasteiger partial charge in [0.2, 0.25) is 0 Å². The van der Waals surface area contributed by atoms with Gasteiger partial charge in [0.25, 0.3) is 5.91 Å². The SMILES string of the molecule is CN1CCN(C2CCN(c3ccc(Nc4nc(NC5CC(O)C5)c(-c5nccc6[nH]cnc56)nc4C(N)=O)cc3)CC2)CC1. The van der Waals surface area contributed by atoms with Crippen LogP contribution in [0.15, 0.2) is 42.9 Å². The van der Waals surface area contributed by atoms with Crippen LogP contribution < -0.4 is 21.3 Å². The molecule has 2 aliphatic heterocycles. The van der Waals surface area contributed by atoms with Crippen LogP contribution in [-0.4, -0.2) is 110 Å². The van der Waals surface area contributed by atoms with E-state index in [0.717, 1.165) is 50.5 Å². The molecule has 44 heavy (non-hydrogen) atoms. The van der Waals surface area contributed by atoms with E-state index in [4.69, 9.17) is 10.7 Å². The number of piperazine rings is 1. The topological polar surface area (TPSA) is 164 Å². The highest BCUT2D eigenvalue weighted by Gasteiger charge is 2.30. The number of nitrogens with two attached hydrogens (primary N) is 1. The molecule has 1 aliphatic carbocycles. The van der Waals surface area contributed by atoms with Crippen LogP contribution in [-0.2, 0) is 0 Å². The number of benzene rings is 1. The summed E-state index contributed by atoms with van der Waals surface area (Å²) in [6.07, 6.45) is 6.41. The largest absolute Gasteiger partial charge is 0.393 e. The van der Waals surface area contributed by atoms with Crippen molar-refractivity contribution in [1.29, 1.82) is 0 Å². The third-order valence-electron chi connectivity index (χ3n) is 9.16. The van der Waals surface area contributed by atoms with E-state index in [-0.39, 0.29) is 23.7 Å². The lowest BCUT2D eigenvalue weighted by Crippen LogP contribution is -2.52. The molecule has 1 saturated carbocycles. The lowest BCUT2D eigenvalue weighted by Gasteiger charge is -2.42.